The molecule has 1 nitrogen and oxygen atoms in total. The molecule has 2 rings (SSSR count). The predicted octanol–water partition coefficient (Wildman–Crippen LogP) is 4.11. The summed E-state index contributed by atoms with van der Waals surface area (Å²) in [7, 11) is -1.07. The number of benzene rings is 2. The van der Waals surface area contributed by atoms with E-state index in [0.717, 1.165) is 22.6 Å². The Bertz CT molecular complexity index is 543. The van der Waals surface area contributed by atoms with Crippen LogP contribution in [0, 0.1) is 6.92 Å². The Kier molecular flexibility index (Phi) is 4.32. The van der Waals surface area contributed by atoms with Gasteiger partial charge in [-0.1, -0.05) is 49.2 Å². The zero-order valence-electron chi connectivity index (χ0n) is 10.8. The largest absolute Gasteiger partial charge is 0.249 e. The number of aryl methyl sites for hydroxylation is 2. The SMILES string of the molecule is CCCc1ccccc1S(=O)c1ccc(C)cc1. The maximum atomic E-state index is 12.6. The van der Waals surface area contributed by atoms with E-state index in [-0.39, 0.29) is 0 Å². The summed E-state index contributed by atoms with van der Waals surface area (Å²) in [6.07, 6.45) is 2.05. The van der Waals surface area contributed by atoms with Crippen molar-refractivity contribution in [2.75, 3.05) is 0 Å². The topological polar surface area (TPSA) is 17.1 Å². The van der Waals surface area contributed by atoms with E-state index in [1.54, 1.807) is 0 Å². The summed E-state index contributed by atoms with van der Waals surface area (Å²) in [5, 5.41) is 0. The fraction of sp³-hybridized carbons (Fsp3) is 0.250. The van der Waals surface area contributed by atoms with Gasteiger partial charge in [-0.25, -0.2) is 4.21 Å². The van der Waals surface area contributed by atoms with Crippen molar-refractivity contribution in [2.24, 2.45) is 0 Å². The second-order valence-electron chi connectivity index (χ2n) is 4.44. The van der Waals surface area contributed by atoms with Gasteiger partial charge in [-0.05, 0) is 37.1 Å². The van der Waals surface area contributed by atoms with Crippen molar-refractivity contribution in [3.63, 3.8) is 0 Å². The summed E-state index contributed by atoms with van der Waals surface area (Å²) in [5.41, 5.74) is 2.39. The maximum Gasteiger partial charge on any atom is 0.0852 e. The van der Waals surface area contributed by atoms with Crippen molar-refractivity contribution in [1.29, 1.82) is 0 Å². The first kappa shape index (κ1) is 13.0. The molecule has 0 aromatic heterocycles. The van der Waals surface area contributed by atoms with Crippen LogP contribution in [0.3, 0.4) is 0 Å². The molecule has 2 aromatic rings. The van der Waals surface area contributed by atoms with Crippen LogP contribution >= 0.6 is 0 Å². The normalized spacial score (nSPS) is 12.3. The van der Waals surface area contributed by atoms with Crippen LogP contribution < -0.4 is 0 Å². The van der Waals surface area contributed by atoms with E-state index in [9.17, 15) is 4.21 Å². The van der Waals surface area contributed by atoms with Gasteiger partial charge in [0.1, 0.15) is 0 Å². The van der Waals surface area contributed by atoms with E-state index >= 15 is 0 Å². The minimum absolute atomic E-state index is 0.879. The van der Waals surface area contributed by atoms with Gasteiger partial charge in [0, 0.05) is 9.79 Å². The average molecular weight is 258 g/mol. The molecular formula is C16H18OS. The molecule has 0 fully saturated rings. The zero-order chi connectivity index (χ0) is 13.0. The van der Waals surface area contributed by atoms with Crippen LogP contribution in [0.1, 0.15) is 24.5 Å². The summed E-state index contributed by atoms with van der Waals surface area (Å²) in [6.45, 7) is 4.18. The van der Waals surface area contributed by atoms with E-state index in [0.29, 0.717) is 0 Å². The maximum absolute atomic E-state index is 12.6. The number of hydrogen-bond acceptors (Lipinski definition) is 1. The Balaban J connectivity index is 2.36. The molecule has 2 heteroatoms. The molecule has 0 amide bonds. The molecule has 0 aliphatic rings. The van der Waals surface area contributed by atoms with E-state index in [2.05, 4.69) is 13.0 Å². The minimum atomic E-state index is -1.07. The van der Waals surface area contributed by atoms with Crippen LogP contribution in [-0.2, 0) is 17.2 Å². The fourth-order valence-electron chi connectivity index (χ4n) is 1.95. The Morgan fingerprint density at radius 1 is 1.00 bits per heavy atom. The van der Waals surface area contributed by atoms with E-state index in [4.69, 9.17) is 0 Å². The molecule has 0 radical (unpaired) electrons. The van der Waals surface area contributed by atoms with Crippen LogP contribution in [-0.4, -0.2) is 4.21 Å². The Morgan fingerprint density at radius 2 is 1.67 bits per heavy atom. The summed E-state index contributed by atoms with van der Waals surface area (Å²) in [5.74, 6) is 0. The van der Waals surface area contributed by atoms with E-state index in [1.807, 2.05) is 49.4 Å². The van der Waals surface area contributed by atoms with E-state index in [1.165, 1.54) is 11.1 Å². The molecule has 94 valence electrons. The third-order valence-electron chi connectivity index (χ3n) is 2.93. The van der Waals surface area contributed by atoms with Gasteiger partial charge < -0.3 is 0 Å². The second kappa shape index (κ2) is 5.96. The molecule has 0 N–H and O–H groups in total. The average Bonchev–Trinajstić information content (AvgIpc) is 2.40. The van der Waals surface area contributed by atoms with Crippen LogP contribution in [0.4, 0.5) is 0 Å². The Morgan fingerprint density at radius 3 is 2.33 bits per heavy atom. The van der Waals surface area contributed by atoms with Crippen molar-refractivity contribution in [1.82, 2.24) is 0 Å². The van der Waals surface area contributed by atoms with Gasteiger partial charge in [-0.15, -0.1) is 0 Å². The molecule has 0 aliphatic carbocycles. The Hall–Kier alpha value is -1.41. The molecule has 0 aliphatic heterocycles. The Labute approximate surface area is 111 Å². The third kappa shape index (κ3) is 2.88. The lowest BCUT2D eigenvalue weighted by Crippen LogP contribution is -1.98. The zero-order valence-corrected chi connectivity index (χ0v) is 11.7. The first-order valence-electron chi connectivity index (χ1n) is 6.28. The van der Waals surface area contributed by atoms with Gasteiger partial charge in [-0.3, -0.25) is 0 Å². The van der Waals surface area contributed by atoms with Gasteiger partial charge in [0.25, 0.3) is 0 Å². The van der Waals surface area contributed by atoms with Gasteiger partial charge in [0.05, 0.1) is 10.8 Å². The highest BCUT2D eigenvalue weighted by Crippen LogP contribution is 2.21. The lowest BCUT2D eigenvalue weighted by molar-refractivity contribution is 0.682. The predicted molar refractivity (Wildman–Crippen MR) is 76.3 cm³/mol. The van der Waals surface area contributed by atoms with Gasteiger partial charge >= 0.3 is 0 Å². The molecule has 1 atom stereocenters. The van der Waals surface area contributed by atoms with Gasteiger partial charge in [0.2, 0.25) is 0 Å². The molecule has 0 saturated heterocycles. The van der Waals surface area contributed by atoms with Crippen molar-refractivity contribution < 1.29 is 4.21 Å². The monoisotopic (exact) mass is 258 g/mol. The quantitative estimate of drug-likeness (QED) is 0.806. The molecular weight excluding hydrogens is 240 g/mol. The summed E-state index contributed by atoms with van der Waals surface area (Å²) in [6, 6.07) is 15.9. The first-order valence-corrected chi connectivity index (χ1v) is 7.43. The summed E-state index contributed by atoms with van der Waals surface area (Å²) in [4.78, 5) is 1.83. The minimum Gasteiger partial charge on any atom is -0.249 e. The summed E-state index contributed by atoms with van der Waals surface area (Å²) >= 11 is 0. The van der Waals surface area contributed by atoms with Crippen LogP contribution in [0.5, 0.6) is 0 Å². The summed E-state index contributed by atoms with van der Waals surface area (Å²) < 4.78 is 12.6. The van der Waals surface area contributed by atoms with Crippen LogP contribution in [0.15, 0.2) is 58.3 Å². The van der Waals surface area contributed by atoms with Crippen molar-refractivity contribution in [2.45, 2.75) is 36.5 Å². The second-order valence-corrected chi connectivity index (χ2v) is 5.89. The molecule has 0 saturated carbocycles. The third-order valence-corrected chi connectivity index (χ3v) is 4.42. The lowest BCUT2D eigenvalue weighted by Gasteiger charge is -2.08. The number of hydrogen-bond donors (Lipinski definition) is 0. The van der Waals surface area contributed by atoms with Crippen LogP contribution in [0.25, 0.3) is 0 Å². The van der Waals surface area contributed by atoms with Gasteiger partial charge in [-0.2, -0.15) is 0 Å². The molecule has 0 spiro atoms. The smallest absolute Gasteiger partial charge is 0.0852 e. The highest BCUT2D eigenvalue weighted by atomic mass is 32.2. The molecule has 2 aromatic carbocycles. The molecule has 0 heterocycles. The highest BCUT2D eigenvalue weighted by molar-refractivity contribution is 7.85. The number of rotatable bonds is 4. The first-order chi connectivity index (χ1) is 8.72. The molecule has 1 unspecified atom stereocenters. The van der Waals surface area contributed by atoms with Crippen molar-refractivity contribution >= 4 is 10.8 Å². The van der Waals surface area contributed by atoms with Gasteiger partial charge in [0.15, 0.2) is 0 Å². The van der Waals surface area contributed by atoms with Crippen molar-refractivity contribution in [3.8, 4) is 0 Å². The fourth-order valence-corrected chi connectivity index (χ4v) is 3.20. The lowest BCUT2D eigenvalue weighted by atomic mass is 10.1. The molecule has 0 bridgehead atoms. The standard InChI is InChI=1S/C16H18OS/c1-3-6-14-7-4-5-8-16(14)18(17)15-11-9-13(2)10-12-15/h4-5,7-12H,3,6H2,1-2H3. The van der Waals surface area contributed by atoms with Crippen LogP contribution in [0.2, 0.25) is 0 Å². The highest BCUT2D eigenvalue weighted by Gasteiger charge is 2.10. The van der Waals surface area contributed by atoms with E-state index < -0.39 is 10.8 Å². The van der Waals surface area contributed by atoms with Crippen molar-refractivity contribution in [3.05, 3.63) is 59.7 Å². The molecule has 18 heavy (non-hydrogen) atoms.